The average molecular weight is 699 g/mol. The number of hydrogen-bond acceptors (Lipinski definition) is 8. The third-order valence-corrected chi connectivity index (χ3v) is 10.8. The number of aliphatic hydroxyl groups is 1. The standard InChI is InChI=1S/C34H48N8O8/c1-5-16-42(4)17-12-33-27-21-8-9-24(28(27)50-29(33)23(44)10-11-34(33,48)25(42)18-21)49-32(47)41(3)15-14-37-30(46)22(7-6-13-38-31(35)36)40-26(45)19-39-20(2)43/h5,8-9,22,25,29,48H,1,6-7,10-19H2,2-4H3,(H6-,35,36,37,38,39,40,43,45,46)/p+2/t22-,25-,29-,33-,34+,42?/m0/s1. The molecule has 1 spiro atoms. The van der Waals surface area contributed by atoms with E-state index in [9.17, 15) is 29.1 Å². The van der Waals surface area contributed by atoms with Gasteiger partial charge in [-0.15, -0.1) is 0 Å². The molecule has 0 radical (unpaired) electrons. The number of nitrogens with one attached hydrogen (secondary N) is 4. The Labute approximate surface area is 291 Å². The molecule has 2 aliphatic heterocycles. The zero-order valence-corrected chi connectivity index (χ0v) is 29.0. The first-order chi connectivity index (χ1) is 23.7. The second kappa shape index (κ2) is 14.3. The van der Waals surface area contributed by atoms with E-state index in [1.54, 1.807) is 6.07 Å². The van der Waals surface area contributed by atoms with E-state index >= 15 is 0 Å². The zero-order chi connectivity index (χ0) is 36.4. The number of amides is 4. The Morgan fingerprint density at radius 2 is 2.02 bits per heavy atom. The van der Waals surface area contributed by atoms with Crippen LogP contribution in [-0.2, 0) is 31.0 Å². The molecule has 16 nitrogen and oxygen atoms in total. The molecule has 1 aromatic carbocycles. The summed E-state index contributed by atoms with van der Waals surface area (Å²) in [6.07, 6.45) is 2.70. The van der Waals surface area contributed by atoms with Gasteiger partial charge in [0.2, 0.25) is 17.7 Å². The van der Waals surface area contributed by atoms with Gasteiger partial charge in [0.1, 0.15) is 17.7 Å². The molecule has 5 rings (SSSR count). The lowest BCUT2D eigenvalue weighted by atomic mass is 9.48. The largest absolute Gasteiger partial charge is 0.477 e. The lowest BCUT2D eigenvalue weighted by molar-refractivity contribution is -0.944. The third-order valence-electron chi connectivity index (χ3n) is 10.8. The highest BCUT2D eigenvalue weighted by Crippen LogP contribution is 2.65. The van der Waals surface area contributed by atoms with E-state index < -0.39 is 41.1 Å². The number of hydrogen-bond donors (Lipinski definition) is 7. The van der Waals surface area contributed by atoms with Gasteiger partial charge in [0, 0.05) is 51.9 Å². The number of rotatable bonds is 14. The van der Waals surface area contributed by atoms with Gasteiger partial charge in [-0.25, -0.2) is 4.79 Å². The van der Waals surface area contributed by atoms with E-state index in [0.717, 1.165) is 17.7 Å². The first-order valence-electron chi connectivity index (χ1n) is 17.1. The molecule has 1 saturated heterocycles. The van der Waals surface area contributed by atoms with Crippen molar-refractivity contribution in [3.8, 4) is 11.5 Å². The Bertz CT molecular complexity index is 1600. The van der Waals surface area contributed by atoms with Gasteiger partial charge in [-0.1, -0.05) is 12.6 Å². The van der Waals surface area contributed by atoms with Gasteiger partial charge < -0.3 is 39.9 Å². The molecule has 6 atom stereocenters. The Hall–Kier alpha value is -4.70. The quantitative estimate of drug-likeness (QED) is 0.0343. The van der Waals surface area contributed by atoms with Crippen LogP contribution in [0.25, 0.3) is 0 Å². The number of Topliss-reactive ketones (excluding diaryl/α,β-unsaturated/α-hetero) is 1. The maximum atomic E-state index is 13.4. The minimum absolute atomic E-state index is 0.0353. The summed E-state index contributed by atoms with van der Waals surface area (Å²) >= 11 is 0. The van der Waals surface area contributed by atoms with Crippen LogP contribution in [0, 0.1) is 0 Å². The number of likely N-dealkylation sites (N-methyl/N-ethyl adjacent to an activating group) is 2. The van der Waals surface area contributed by atoms with Crippen LogP contribution in [0.2, 0.25) is 0 Å². The van der Waals surface area contributed by atoms with E-state index in [4.69, 9.17) is 20.9 Å². The fourth-order valence-electron chi connectivity index (χ4n) is 8.40. The monoisotopic (exact) mass is 698 g/mol. The number of ketones is 1. The van der Waals surface area contributed by atoms with Crippen LogP contribution in [0.1, 0.15) is 50.2 Å². The van der Waals surface area contributed by atoms with Crippen LogP contribution < -0.4 is 41.9 Å². The van der Waals surface area contributed by atoms with Crippen molar-refractivity contribution >= 4 is 35.6 Å². The minimum atomic E-state index is -1.18. The smallest absolute Gasteiger partial charge is 0.415 e. The van der Waals surface area contributed by atoms with Crippen LogP contribution in [0.5, 0.6) is 11.5 Å². The van der Waals surface area contributed by atoms with Crippen LogP contribution in [0.15, 0.2) is 24.8 Å². The van der Waals surface area contributed by atoms with Gasteiger partial charge in [-0.3, -0.25) is 35.6 Å². The highest BCUT2D eigenvalue weighted by molar-refractivity contribution is 5.91. The number of carbonyl (C=O) groups is 5. The first-order valence-corrected chi connectivity index (χ1v) is 17.1. The van der Waals surface area contributed by atoms with Gasteiger partial charge in [-0.05, 0) is 37.0 Å². The molecule has 16 heteroatoms. The minimum Gasteiger partial charge on any atom is -0.477 e. The summed E-state index contributed by atoms with van der Waals surface area (Å²) in [5.41, 5.74) is 10.5. The number of quaternary nitrogens is 1. The Kier molecular flexibility index (Phi) is 10.4. The molecule has 9 N–H and O–H groups in total. The fourth-order valence-corrected chi connectivity index (χ4v) is 8.40. The highest BCUT2D eigenvalue weighted by atomic mass is 16.6. The summed E-state index contributed by atoms with van der Waals surface area (Å²) in [6, 6.07) is 2.52. The predicted molar refractivity (Wildman–Crippen MR) is 181 cm³/mol. The summed E-state index contributed by atoms with van der Waals surface area (Å²) in [5, 5.41) is 20.3. The maximum Gasteiger partial charge on any atom is 0.415 e. The normalized spacial score (nSPS) is 27.5. The Morgan fingerprint density at radius 1 is 1.26 bits per heavy atom. The zero-order valence-electron chi connectivity index (χ0n) is 29.0. The summed E-state index contributed by atoms with van der Waals surface area (Å²) in [4.78, 5) is 67.2. The lowest BCUT2D eigenvalue weighted by Gasteiger charge is -2.64. The number of nitrogens with zero attached hydrogens (tertiary/aromatic N) is 2. The van der Waals surface area contributed by atoms with Crippen LogP contribution >= 0.6 is 0 Å². The van der Waals surface area contributed by atoms with Gasteiger partial charge in [0.05, 0.1) is 38.6 Å². The molecule has 1 aromatic rings. The molecule has 4 amide bonds. The topological polar surface area (TPSA) is 229 Å². The van der Waals surface area contributed by atoms with Gasteiger partial charge in [0.25, 0.3) is 0 Å². The summed E-state index contributed by atoms with van der Waals surface area (Å²) in [5.74, 6) is -0.924. The van der Waals surface area contributed by atoms with Gasteiger partial charge in [-0.2, -0.15) is 0 Å². The van der Waals surface area contributed by atoms with Crippen molar-refractivity contribution in [3.63, 3.8) is 0 Å². The molecule has 272 valence electrons. The van der Waals surface area contributed by atoms with E-state index in [1.165, 1.54) is 18.9 Å². The highest BCUT2D eigenvalue weighted by Gasteiger charge is 2.76. The summed E-state index contributed by atoms with van der Waals surface area (Å²) in [7, 11) is 3.66. The number of piperidine rings is 1. The van der Waals surface area contributed by atoms with Crippen molar-refractivity contribution in [2.75, 3.05) is 53.4 Å². The number of guanidine groups is 1. The number of carbonyl (C=O) groups excluding carboxylic acids is 5. The molecule has 2 fully saturated rings. The van der Waals surface area contributed by atoms with E-state index in [2.05, 4.69) is 34.6 Å². The van der Waals surface area contributed by atoms with Crippen molar-refractivity contribution in [2.45, 2.75) is 74.7 Å². The van der Waals surface area contributed by atoms with E-state index in [-0.39, 0.29) is 61.9 Å². The molecule has 1 unspecified atom stereocenters. The van der Waals surface area contributed by atoms with Crippen molar-refractivity contribution < 1.29 is 48.0 Å². The number of nitrogens with two attached hydrogens (primary N) is 2. The van der Waals surface area contributed by atoms with Crippen molar-refractivity contribution in [3.05, 3.63) is 35.9 Å². The summed E-state index contributed by atoms with van der Waals surface area (Å²) in [6.45, 7) is 6.88. The number of likely N-dealkylation sites (tertiary alicyclic amines) is 1. The molecular formula is C34H50N8O8+2. The van der Waals surface area contributed by atoms with E-state index in [1.807, 2.05) is 12.1 Å². The van der Waals surface area contributed by atoms with Crippen molar-refractivity contribution in [2.24, 2.45) is 11.5 Å². The molecule has 1 saturated carbocycles. The van der Waals surface area contributed by atoms with Crippen LogP contribution in [0.3, 0.4) is 0 Å². The third kappa shape index (κ3) is 6.61. The predicted octanol–water partition coefficient (Wildman–Crippen LogP) is -2.96. The second-order valence-electron chi connectivity index (χ2n) is 14.1. The van der Waals surface area contributed by atoms with Crippen molar-refractivity contribution in [1.82, 2.24) is 20.9 Å². The molecular weight excluding hydrogens is 648 g/mol. The second-order valence-corrected chi connectivity index (χ2v) is 14.1. The molecule has 50 heavy (non-hydrogen) atoms. The molecule has 4 aliphatic rings. The molecule has 2 aliphatic carbocycles. The summed E-state index contributed by atoms with van der Waals surface area (Å²) < 4.78 is 12.8. The van der Waals surface area contributed by atoms with Crippen LogP contribution in [0.4, 0.5) is 4.79 Å². The van der Waals surface area contributed by atoms with E-state index in [0.29, 0.717) is 49.0 Å². The number of ether oxygens (including phenoxy) is 2. The Morgan fingerprint density at radius 3 is 2.72 bits per heavy atom. The van der Waals surface area contributed by atoms with Gasteiger partial charge >= 0.3 is 12.1 Å². The lowest BCUT2D eigenvalue weighted by Crippen LogP contribution is -2.80. The fraction of sp³-hybridized carbons (Fsp3) is 0.588. The molecule has 0 aromatic heterocycles. The molecule has 2 heterocycles. The first kappa shape index (κ1) is 36.6. The maximum absolute atomic E-state index is 13.4. The molecule has 2 bridgehead atoms. The number of benzene rings is 1. The van der Waals surface area contributed by atoms with Crippen LogP contribution in [-0.4, -0.2) is 127 Å². The average Bonchev–Trinajstić information content (AvgIpc) is 3.42. The SMILES string of the molecule is C=CC[N+]1(C)CC[C@]23c4c5ccc(OC(=O)N(C)CCNC(=O)[C@H](CCC[NH+]=C(N)N)NC(=O)CNC(C)=O)c4O[C@H]2C(=O)CC[C@@]3(O)[C@@H]1C5. The Balaban J connectivity index is 1.25. The van der Waals surface area contributed by atoms with Crippen molar-refractivity contribution in [1.29, 1.82) is 0 Å². The van der Waals surface area contributed by atoms with Gasteiger partial charge in [0.15, 0.2) is 23.4 Å².